The summed E-state index contributed by atoms with van der Waals surface area (Å²) in [5, 5.41) is 12.8. The van der Waals surface area contributed by atoms with Crippen molar-refractivity contribution >= 4 is 17.0 Å². The summed E-state index contributed by atoms with van der Waals surface area (Å²) in [7, 11) is 0. The van der Waals surface area contributed by atoms with E-state index in [9.17, 15) is 5.11 Å². The zero-order valence-corrected chi connectivity index (χ0v) is 12.8. The highest BCUT2D eigenvalue weighted by Gasteiger charge is 2.12. The molecule has 2 aromatic rings. The van der Waals surface area contributed by atoms with Gasteiger partial charge in [0, 0.05) is 16.1 Å². The Morgan fingerprint density at radius 1 is 1.45 bits per heavy atom. The number of rotatable bonds is 6. The van der Waals surface area contributed by atoms with Crippen molar-refractivity contribution < 1.29 is 9.84 Å². The lowest BCUT2D eigenvalue weighted by Gasteiger charge is -2.16. The second-order valence-electron chi connectivity index (χ2n) is 4.58. The zero-order valence-electron chi connectivity index (χ0n) is 12.0. The van der Waals surface area contributed by atoms with Crippen molar-refractivity contribution in [2.24, 2.45) is 0 Å². The number of thiazole rings is 1. The van der Waals surface area contributed by atoms with Crippen molar-refractivity contribution in [3.05, 3.63) is 39.8 Å². The average Bonchev–Trinajstić information content (AvgIpc) is 2.87. The zero-order chi connectivity index (χ0) is 14.5. The summed E-state index contributed by atoms with van der Waals surface area (Å²) in [4.78, 5) is 5.50. The van der Waals surface area contributed by atoms with E-state index in [-0.39, 0.29) is 12.6 Å². The molecule has 1 aromatic heterocycles. The molecule has 4 nitrogen and oxygen atoms in total. The summed E-state index contributed by atoms with van der Waals surface area (Å²) >= 11 is 1.65. The Balaban J connectivity index is 2.15. The smallest absolute Gasteiger partial charge is 0.124 e. The number of hydrogen-bond acceptors (Lipinski definition) is 5. The summed E-state index contributed by atoms with van der Waals surface area (Å²) < 4.78 is 5.48. The monoisotopic (exact) mass is 292 g/mol. The van der Waals surface area contributed by atoms with Crippen LogP contribution in [0.3, 0.4) is 0 Å². The molecule has 0 saturated carbocycles. The lowest BCUT2D eigenvalue weighted by Crippen LogP contribution is -2.07. The van der Waals surface area contributed by atoms with Crippen LogP contribution in [0.2, 0.25) is 0 Å². The van der Waals surface area contributed by atoms with Gasteiger partial charge in [0.05, 0.1) is 30.5 Å². The molecule has 0 aliphatic carbocycles. The van der Waals surface area contributed by atoms with Gasteiger partial charge in [0.15, 0.2) is 0 Å². The van der Waals surface area contributed by atoms with E-state index in [1.807, 2.05) is 37.6 Å². The number of aromatic nitrogens is 1. The molecule has 1 aromatic carbocycles. The predicted octanol–water partition coefficient (Wildman–Crippen LogP) is 3.52. The Kier molecular flexibility index (Phi) is 4.98. The van der Waals surface area contributed by atoms with Crippen LogP contribution in [0.1, 0.15) is 36.0 Å². The minimum atomic E-state index is -0.0289. The first-order valence-corrected chi connectivity index (χ1v) is 7.56. The van der Waals surface area contributed by atoms with E-state index < -0.39 is 0 Å². The lowest BCUT2D eigenvalue weighted by atomic mass is 10.1. The molecule has 2 N–H and O–H groups in total. The van der Waals surface area contributed by atoms with Crippen molar-refractivity contribution in [2.75, 3.05) is 11.9 Å². The van der Waals surface area contributed by atoms with Gasteiger partial charge in [-0.3, -0.25) is 0 Å². The van der Waals surface area contributed by atoms with Crippen LogP contribution in [0.15, 0.2) is 23.7 Å². The standard InChI is InChI=1S/C15H20N2O2S/c1-4-19-14-6-5-13(7-12(14)8-18)17-11(3)15-10(2)16-9-20-15/h5-7,9,11,17-18H,4,8H2,1-3H3. The van der Waals surface area contributed by atoms with Crippen molar-refractivity contribution in [2.45, 2.75) is 33.4 Å². The van der Waals surface area contributed by atoms with E-state index in [0.717, 1.165) is 22.7 Å². The molecule has 0 aliphatic rings. The molecule has 2 rings (SSSR count). The summed E-state index contributed by atoms with van der Waals surface area (Å²) in [6, 6.07) is 5.98. The largest absolute Gasteiger partial charge is 0.494 e. The fourth-order valence-electron chi connectivity index (χ4n) is 2.13. The third-order valence-corrected chi connectivity index (χ3v) is 4.20. The minimum Gasteiger partial charge on any atom is -0.494 e. The Morgan fingerprint density at radius 3 is 2.85 bits per heavy atom. The Labute approximate surface area is 123 Å². The fraction of sp³-hybridized carbons (Fsp3) is 0.400. The van der Waals surface area contributed by atoms with E-state index in [0.29, 0.717) is 6.61 Å². The molecule has 0 saturated heterocycles. The Morgan fingerprint density at radius 2 is 2.25 bits per heavy atom. The first kappa shape index (κ1) is 14.8. The molecule has 0 amide bonds. The molecule has 1 atom stereocenters. The molecular formula is C15H20N2O2S. The number of benzene rings is 1. The van der Waals surface area contributed by atoms with Gasteiger partial charge in [-0.1, -0.05) is 0 Å². The quantitative estimate of drug-likeness (QED) is 0.855. The van der Waals surface area contributed by atoms with Gasteiger partial charge in [0.1, 0.15) is 5.75 Å². The maximum atomic E-state index is 9.42. The molecule has 20 heavy (non-hydrogen) atoms. The third-order valence-electron chi connectivity index (χ3n) is 3.09. The van der Waals surface area contributed by atoms with Crippen LogP contribution in [0, 0.1) is 6.92 Å². The number of hydrogen-bond donors (Lipinski definition) is 2. The van der Waals surface area contributed by atoms with Crippen LogP contribution < -0.4 is 10.1 Å². The van der Waals surface area contributed by atoms with Gasteiger partial charge in [-0.2, -0.15) is 0 Å². The molecule has 5 heteroatoms. The highest BCUT2D eigenvalue weighted by molar-refractivity contribution is 7.09. The first-order valence-electron chi connectivity index (χ1n) is 6.68. The number of nitrogens with one attached hydrogen (secondary N) is 1. The second kappa shape index (κ2) is 6.72. The number of nitrogens with zero attached hydrogens (tertiary/aromatic N) is 1. The van der Waals surface area contributed by atoms with Crippen molar-refractivity contribution in [3.63, 3.8) is 0 Å². The van der Waals surface area contributed by atoms with E-state index >= 15 is 0 Å². The molecule has 0 bridgehead atoms. The Bertz CT molecular complexity index is 569. The van der Waals surface area contributed by atoms with Gasteiger partial charge in [-0.05, 0) is 39.0 Å². The van der Waals surface area contributed by atoms with Crippen LogP contribution in [0.25, 0.3) is 0 Å². The molecule has 1 unspecified atom stereocenters. The van der Waals surface area contributed by atoms with Gasteiger partial charge in [0.25, 0.3) is 0 Å². The van der Waals surface area contributed by atoms with E-state index in [4.69, 9.17) is 4.74 Å². The van der Waals surface area contributed by atoms with E-state index in [1.54, 1.807) is 11.3 Å². The maximum Gasteiger partial charge on any atom is 0.124 e. The third kappa shape index (κ3) is 3.29. The van der Waals surface area contributed by atoms with Crippen molar-refractivity contribution in [1.82, 2.24) is 4.98 Å². The summed E-state index contributed by atoms with van der Waals surface area (Å²) in [6.45, 7) is 6.62. The van der Waals surface area contributed by atoms with Gasteiger partial charge < -0.3 is 15.2 Å². The Hall–Kier alpha value is -1.59. The van der Waals surface area contributed by atoms with Crippen LogP contribution in [-0.4, -0.2) is 16.7 Å². The SMILES string of the molecule is CCOc1ccc(NC(C)c2scnc2C)cc1CO. The molecular weight excluding hydrogens is 272 g/mol. The highest BCUT2D eigenvalue weighted by Crippen LogP contribution is 2.28. The van der Waals surface area contributed by atoms with Gasteiger partial charge >= 0.3 is 0 Å². The van der Waals surface area contributed by atoms with Crippen LogP contribution in [0.5, 0.6) is 5.75 Å². The summed E-state index contributed by atoms with van der Waals surface area (Å²) in [5.74, 6) is 0.738. The van der Waals surface area contributed by atoms with Crippen LogP contribution in [-0.2, 0) is 6.61 Å². The number of anilines is 1. The number of aryl methyl sites for hydroxylation is 1. The summed E-state index contributed by atoms with van der Waals surface area (Å²) in [6.07, 6.45) is 0. The molecule has 0 aliphatic heterocycles. The summed E-state index contributed by atoms with van der Waals surface area (Å²) in [5.41, 5.74) is 4.69. The normalized spacial score (nSPS) is 12.2. The minimum absolute atomic E-state index is 0.0289. The number of aliphatic hydroxyl groups excluding tert-OH is 1. The molecule has 0 spiro atoms. The number of aliphatic hydroxyl groups is 1. The van der Waals surface area contributed by atoms with Crippen molar-refractivity contribution in [3.8, 4) is 5.75 Å². The average molecular weight is 292 g/mol. The number of ether oxygens (including phenoxy) is 1. The second-order valence-corrected chi connectivity index (χ2v) is 5.47. The maximum absolute atomic E-state index is 9.42. The molecule has 1 heterocycles. The molecule has 0 radical (unpaired) electrons. The van der Waals surface area contributed by atoms with E-state index in [1.165, 1.54) is 4.88 Å². The topological polar surface area (TPSA) is 54.4 Å². The lowest BCUT2D eigenvalue weighted by molar-refractivity contribution is 0.267. The molecule has 108 valence electrons. The van der Waals surface area contributed by atoms with E-state index in [2.05, 4.69) is 17.2 Å². The predicted molar refractivity (Wildman–Crippen MR) is 82.4 cm³/mol. The van der Waals surface area contributed by atoms with Crippen molar-refractivity contribution in [1.29, 1.82) is 0 Å². The first-order chi connectivity index (χ1) is 9.65. The van der Waals surface area contributed by atoms with Gasteiger partial charge in [0.2, 0.25) is 0 Å². The van der Waals surface area contributed by atoms with Gasteiger partial charge in [-0.25, -0.2) is 4.98 Å². The highest BCUT2D eigenvalue weighted by atomic mass is 32.1. The molecule has 0 fully saturated rings. The fourth-order valence-corrected chi connectivity index (χ4v) is 2.94. The van der Waals surface area contributed by atoms with Crippen LogP contribution in [0.4, 0.5) is 5.69 Å². The van der Waals surface area contributed by atoms with Crippen LogP contribution >= 0.6 is 11.3 Å². The van der Waals surface area contributed by atoms with Gasteiger partial charge in [-0.15, -0.1) is 11.3 Å².